The Morgan fingerprint density at radius 2 is 1.65 bits per heavy atom. The highest BCUT2D eigenvalue weighted by Gasteiger charge is 2.19. The van der Waals surface area contributed by atoms with Crippen molar-refractivity contribution in [3.8, 4) is 5.75 Å². The van der Waals surface area contributed by atoms with Gasteiger partial charge in [-0.15, -0.1) is 0 Å². The molecule has 5 heteroatoms. The molecule has 3 aromatic carbocycles. The Kier molecular flexibility index (Phi) is 7.01. The second-order valence-electron chi connectivity index (χ2n) is 9.68. The summed E-state index contributed by atoms with van der Waals surface area (Å²) in [5.41, 5.74) is 4.34. The van der Waals surface area contributed by atoms with Gasteiger partial charge < -0.3 is 14.6 Å². The number of nitrogens with zero attached hydrogens (tertiary/aromatic N) is 2. The Hall–Kier alpha value is -3.60. The van der Waals surface area contributed by atoms with Crippen molar-refractivity contribution in [1.82, 2.24) is 14.9 Å². The van der Waals surface area contributed by atoms with Gasteiger partial charge in [0.05, 0.1) is 30.0 Å². The van der Waals surface area contributed by atoms with Crippen LogP contribution in [0.3, 0.4) is 0 Å². The van der Waals surface area contributed by atoms with Crippen LogP contribution in [0.2, 0.25) is 0 Å². The van der Waals surface area contributed by atoms with E-state index in [1.165, 1.54) is 5.56 Å². The van der Waals surface area contributed by atoms with Gasteiger partial charge in [0.15, 0.2) is 0 Å². The molecular weight excluding hydrogens is 422 g/mol. The number of para-hydroxylation sites is 2. The van der Waals surface area contributed by atoms with Crippen molar-refractivity contribution in [1.29, 1.82) is 0 Å². The molecule has 1 amide bonds. The van der Waals surface area contributed by atoms with Crippen molar-refractivity contribution in [2.75, 3.05) is 6.61 Å². The van der Waals surface area contributed by atoms with Gasteiger partial charge in [-0.2, -0.15) is 0 Å². The first-order chi connectivity index (χ1) is 16.3. The van der Waals surface area contributed by atoms with Crippen molar-refractivity contribution in [2.45, 2.75) is 52.1 Å². The zero-order valence-electron chi connectivity index (χ0n) is 20.4. The summed E-state index contributed by atoms with van der Waals surface area (Å²) >= 11 is 0. The third kappa shape index (κ3) is 5.66. The molecule has 0 radical (unpaired) electrons. The number of hydrogen-bond donors (Lipinski definition) is 1. The number of rotatable bonds is 8. The number of ether oxygens (including phenoxy) is 1. The van der Waals surface area contributed by atoms with E-state index < -0.39 is 0 Å². The van der Waals surface area contributed by atoms with E-state index >= 15 is 0 Å². The zero-order chi connectivity index (χ0) is 24.1. The molecule has 0 aliphatic carbocycles. The lowest BCUT2D eigenvalue weighted by molar-refractivity contribution is -0.121. The minimum absolute atomic E-state index is 0.0208. The van der Waals surface area contributed by atoms with Gasteiger partial charge >= 0.3 is 0 Å². The molecule has 0 bridgehead atoms. The predicted octanol–water partition coefficient (Wildman–Crippen LogP) is 5.83. The second-order valence-corrected chi connectivity index (χ2v) is 9.68. The SMILES string of the molecule is CC(NC(=O)Cc1ccccc1)c1nc2ccccc2n1CCOc1ccc(C(C)(C)C)cc1. The molecule has 1 heterocycles. The second kappa shape index (κ2) is 10.1. The summed E-state index contributed by atoms with van der Waals surface area (Å²) in [4.78, 5) is 17.5. The summed E-state index contributed by atoms with van der Waals surface area (Å²) in [5.74, 6) is 1.66. The number of carbonyl (C=O) groups excluding carboxylic acids is 1. The first kappa shape index (κ1) is 23.6. The zero-order valence-corrected chi connectivity index (χ0v) is 20.4. The summed E-state index contributed by atoms with van der Waals surface area (Å²) in [7, 11) is 0. The molecule has 34 heavy (non-hydrogen) atoms. The van der Waals surface area contributed by atoms with E-state index in [4.69, 9.17) is 9.72 Å². The van der Waals surface area contributed by atoms with Crippen LogP contribution in [0.4, 0.5) is 0 Å². The van der Waals surface area contributed by atoms with E-state index in [-0.39, 0.29) is 17.4 Å². The lowest BCUT2D eigenvalue weighted by Gasteiger charge is -2.19. The van der Waals surface area contributed by atoms with Crippen LogP contribution in [-0.2, 0) is 23.2 Å². The Labute approximate surface area is 201 Å². The first-order valence-corrected chi connectivity index (χ1v) is 11.8. The minimum Gasteiger partial charge on any atom is -0.492 e. The fraction of sp³-hybridized carbons (Fsp3) is 0.310. The molecule has 0 saturated heterocycles. The maximum absolute atomic E-state index is 12.6. The van der Waals surface area contributed by atoms with Crippen LogP contribution in [0.5, 0.6) is 5.75 Å². The summed E-state index contributed by atoms with van der Waals surface area (Å²) in [6, 6.07) is 25.9. The lowest BCUT2D eigenvalue weighted by atomic mass is 9.87. The third-order valence-electron chi connectivity index (χ3n) is 5.96. The van der Waals surface area contributed by atoms with Crippen molar-refractivity contribution in [3.05, 3.63) is 95.8 Å². The molecule has 0 aliphatic rings. The summed E-state index contributed by atoms with van der Waals surface area (Å²) < 4.78 is 8.20. The average molecular weight is 456 g/mol. The molecule has 0 fully saturated rings. The van der Waals surface area contributed by atoms with Gasteiger partial charge in [-0.3, -0.25) is 4.79 Å². The molecule has 4 aromatic rings. The highest BCUT2D eigenvalue weighted by Crippen LogP contribution is 2.25. The molecule has 0 saturated carbocycles. The number of carbonyl (C=O) groups is 1. The maximum Gasteiger partial charge on any atom is 0.224 e. The Morgan fingerprint density at radius 3 is 2.35 bits per heavy atom. The van der Waals surface area contributed by atoms with Gasteiger partial charge in [-0.25, -0.2) is 4.98 Å². The van der Waals surface area contributed by atoms with Crippen LogP contribution in [0.25, 0.3) is 11.0 Å². The molecule has 0 spiro atoms. The fourth-order valence-corrected chi connectivity index (χ4v) is 4.10. The lowest BCUT2D eigenvalue weighted by Crippen LogP contribution is -2.30. The molecule has 0 aliphatic heterocycles. The number of amides is 1. The normalized spacial score (nSPS) is 12.5. The number of imidazole rings is 1. The van der Waals surface area contributed by atoms with Crippen LogP contribution >= 0.6 is 0 Å². The largest absolute Gasteiger partial charge is 0.492 e. The monoisotopic (exact) mass is 455 g/mol. The first-order valence-electron chi connectivity index (χ1n) is 11.8. The minimum atomic E-state index is -0.227. The highest BCUT2D eigenvalue weighted by atomic mass is 16.5. The van der Waals surface area contributed by atoms with Gasteiger partial charge in [-0.1, -0.05) is 75.4 Å². The third-order valence-corrected chi connectivity index (χ3v) is 5.96. The number of nitrogens with one attached hydrogen (secondary N) is 1. The Morgan fingerprint density at radius 1 is 0.971 bits per heavy atom. The molecular formula is C29H33N3O2. The standard InChI is InChI=1S/C29H33N3O2/c1-21(30-27(33)20-22-10-6-5-7-11-22)28-31-25-12-8-9-13-26(25)32(28)18-19-34-24-16-14-23(15-17-24)29(2,3)4/h5-17,21H,18-20H2,1-4H3,(H,30,33). The molecule has 1 aromatic heterocycles. The van der Waals surface area contributed by atoms with Crippen LogP contribution in [0.1, 0.15) is 50.7 Å². The van der Waals surface area contributed by atoms with E-state index in [1.54, 1.807) is 0 Å². The summed E-state index contributed by atoms with van der Waals surface area (Å²) in [6.07, 6.45) is 0.346. The van der Waals surface area contributed by atoms with E-state index in [0.29, 0.717) is 19.6 Å². The van der Waals surface area contributed by atoms with Crippen molar-refractivity contribution in [2.24, 2.45) is 0 Å². The van der Waals surface area contributed by atoms with Gasteiger partial charge in [0.25, 0.3) is 0 Å². The van der Waals surface area contributed by atoms with Crippen molar-refractivity contribution < 1.29 is 9.53 Å². The number of fused-ring (bicyclic) bond motifs is 1. The van der Waals surface area contributed by atoms with Crippen LogP contribution < -0.4 is 10.1 Å². The average Bonchev–Trinajstić information content (AvgIpc) is 3.18. The van der Waals surface area contributed by atoms with E-state index in [0.717, 1.165) is 28.2 Å². The quantitative estimate of drug-likeness (QED) is 0.363. The fourth-order valence-electron chi connectivity index (χ4n) is 4.10. The molecule has 1 atom stereocenters. The van der Waals surface area contributed by atoms with E-state index in [2.05, 4.69) is 48.9 Å². The number of benzene rings is 3. The van der Waals surface area contributed by atoms with Gasteiger partial charge in [0.2, 0.25) is 5.91 Å². The van der Waals surface area contributed by atoms with E-state index in [1.807, 2.05) is 67.6 Å². The summed E-state index contributed by atoms with van der Waals surface area (Å²) in [5, 5.41) is 3.11. The van der Waals surface area contributed by atoms with Crippen LogP contribution in [0.15, 0.2) is 78.9 Å². The number of aromatic nitrogens is 2. The Bertz CT molecular complexity index is 1240. The van der Waals surface area contributed by atoms with Crippen molar-refractivity contribution >= 4 is 16.9 Å². The topological polar surface area (TPSA) is 56.2 Å². The molecule has 176 valence electrons. The molecule has 5 nitrogen and oxygen atoms in total. The molecule has 1 unspecified atom stereocenters. The molecule has 4 rings (SSSR count). The summed E-state index contributed by atoms with van der Waals surface area (Å²) in [6.45, 7) is 9.73. The maximum atomic E-state index is 12.6. The smallest absolute Gasteiger partial charge is 0.224 e. The van der Waals surface area contributed by atoms with Gasteiger partial charge in [-0.05, 0) is 47.7 Å². The van der Waals surface area contributed by atoms with Gasteiger partial charge in [0.1, 0.15) is 18.2 Å². The van der Waals surface area contributed by atoms with Gasteiger partial charge in [0, 0.05) is 0 Å². The van der Waals surface area contributed by atoms with E-state index in [9.17, 15) is 4.79 Å². The molecule has 1 N–H and O–H groups in total. The number of hydrogen-bond acceptors (Lipinski definition) is 3. The predicted molar refractivity (Wildman–Crippen MR) is 137 cm³/mol. The highest BCUT2D eigenvalue weighted by molar-refractivity contribution is 5.79. The van der Waals surface area contributed by atoms with Crippen LogP contribution in [0, 0.1) is 0 Å². The van der Waals surface area contributed by atoms with Crippen molar-refractivity contribution in [3.63, 3.8) is 0 Å². The Balaban J connectivity index is 1.46. The van der Waals surface area contributed by atoms with Crippen LogP contribution in [-0.4, -0.2) is 22.1 Å².